The fourth-order valence-corrected chi connectivity index (χ4v) is 2.67. The molecule has 0 atom stereocenters. The zero-order valence-corrected chi connectivity index (χ0v) is 19.1. The first-order valence-corrected chi connectivity index (χ1v) is 10.9. The number of nitrogens with one attached hydrogen (secondary N) is 2. The Morgan fingerprint density at radius 1 is 0.536 bits per heavy atom. The largest absolute Gasteiger partial charge is 0.444 e. The van der Waals surface area contributed by atoms with Gasteiger partial charge in [0.25, 0.3) is 0 Å². The molecule has 0 rings (SSSR count). The first kappa shape index (κ1) is 26.5. The lowest BCUT2D eigenvalue weighted by Gasteiger charge is -2.19. The second-order valence-corrected chi connectivity index (χ2v) is 9.39. The molecule has 0 heterocycles. The maximum Gasteiger partial charge on any atom is 0.407 e. The van der Waals surface area contributed by atoms with Crippen molar-refractivity contribution in [3.8, 4) is 0 Å². The third-order valence-corrected chi connectivity index (χ3v) is 3.94. The van der Waals surface area contributed by atoms with Gasteiger partial charge in [0.05, 0.1) is 0 Å². The van der Waals surface area contributed by atoms with Crippen molar-refractivity contribution in [2.24, 2.45) is 0 Å². The Hall–Kier alpha value is -1.46. The molecular weight excluding hydrogens is 356 g/mol. The van der Waals surface area contributed by atoms with Crippen LogP contribution in [0.1, 0.15) is 106 Å². The van der Waals surface area contributed by atoms with Crippen molar-refractivity contribution in [3.63, 3.8) is 0 Å². The van der Waals surface area contributed by atoms with Gasteiger partial charge in [-0.3, -0.25) is 0 Å². The lowest BCUT2D eigenvalue weighted by atomic mass is 10.1. The highest BCUT2D eigenvalue weighted by atomic mass is 16.6. The highest BCUT2D eigenvalue weighted by molar-refractivity contribution is 5.67. The highest BCUT2D eigenvalue weighted by Gasteiger charge is 2.16. The monoisotopic (exact) mass is 400 g/mol. The average Bonchev–Trinajstić information content (AvgIpc) is 2.51. The van der Waals surface area contributed by atoms with E-state index in [4.69, 9.17) is 9.47 Å². The van der Waals surface area contributed by atoms with Gasteiger partial charge in [-0.05, 0) is 54.4 Å². The van der Waals surface area contributed by atoms with Gasteiger partial charge >= 0.3 is 12.2 Å². The number of carbonyl (C=O) groups is 2. The van der Waals surface area contributed by atoms with Gasteiger partial charge in [0.15, 0.2) is 0 Å². The molecule has 2 N–H and O–H groups in total. The number of amides is 2. The first-order chi connectivity index (χ1) is 13.0. The van der Waals surface area contributed by atoms with Crippen molar-refractivity contribution in [1.82, 2.24) is 10.6 Å². The summed E-state index contributed by atoms with van der Waals surface area (Å²) < 4.78 is 10.4. The average molecular weight is 401 g/mol. The fraction of sp³-hybridized carbons (Fsp3) is 0.909. The topological polar surface area (TPSA) is 76.7 Å². The van der Waals surface area contributed by atoms with E-state index in [1.54, 1.807) is 0 Å². The molecule has 2 amide bonds. The molecule has 0 aliphatic rings. The van der Waals surface area contributed by atoms with Gasteiger partial charge in [-0.25, -0.2) is 9.59 Å². The minimum absolute atomic E-state index is 0.325. The SMILES string of the molecule is CC(C)(C)OC(=O)NCCCCCCCCCCCCNC(=O)OC(C)(C)C. The molecule has 0 radical (unpaired) electrons. The van der Waals surface area contributed by atoms with E-state index < -0.39 is 11.2 Å². The van der Waals surface area contributed by atoms with E-state index in [9.17, 15) is 9.59 Å². The summed E-state index contributed by atoms with van der Waals surface area (Å²) in [5.74, 6) is 0. The molecule has 0 aromatic carbocycles. The van der Waals surface area contributed by atoms with Crippen LogP contribution in [-0.4, -0.2) is 36.5 Å². The van der Waals surface area contributed by atoms with E-state index in [-0.39, 0.29) is 12.2 Å². The molecule has 0 spiro atoms. The molecule has 0 aromatic rings. The molecule has 0 fully saturated rings. The molecule has 0 aliphatic carbocycles. The Labute approximate surface area is 172 Å². The number of hydrogen-bond donors (Lipinski definition) is 2. The molecular formula is C22H44N2O4. The number of hydrogen-bond acceptors (Lipinski definition) is 4. The van der Waals surface area contributed by atoms with Crippen LogP contribution in [0.4, 0.5) is 9.59 Å². The predicted octanol–water partition coefficient (Wildman–Crippen LogP) is 5.94. The Morgan fingerprint density at radius 3 is 1.04 bits per heavy atom. The van der Waals surface area contributed by atoms with Gasteiger partial charge in [0.2, 0.25) is 0 Å². The Balaban J connectivity index is 3.28. The minimum atomic E-state index is -0.432. The fourth-order valence-electron chi connectivity index (χ4n) is 2.67. The maximum atomic E-state index is 11.5. The standard InChI is InChI=1S/C22H44N2O4/c1-21(2,3)27-19(25)23-17-15-13-11-9-7-8-10-12-14-16-18-24-20(26)28-22(4,5)6/h7-18H2,1-6H3,(H,23,25)(H,24,26). The van der Waals surface area contributed by atoms with Crippen LogP contribution in [0, 0.1) is 0 Å². The Kier molecular flexibility index (Phi) is 13.8. The van der Waals surface area contributed by atoms with Crippen molar-refractivity contribution in [1.29, 1.82) is 0 Å². The van der Waals surface area contributed by atoms with Crippen molar-refractivity contribution >= 4 is 12.2 Å². The third-order valence-electron chi connectivity index (χ3n) is 3.94. The van der Waals surface area contributed by atoms with E-state index in [2.05, 4.69) is 10.6 Å². The summed E-state index contributed by atoms with van der Waals surface area (Å²) in [6, 6.07) is 0. The first-order valence-electron chi connectivity index (χ1n) is 10.9. The summed E-state index contributed by atoms with van der Waals surface area (Å²) in [4.78, 5) is 23.0. The molecule has 28 heavy (non-hydrogen) atoms. The van der Waals surface area contributed by atoms with Crippen LogP contribution in [0.25, 0.3) is 0 Å². The van der Waals surface area contributed by atoms with Crippen LogP contribution >= 0.6 is 0 Å². The minimum Gasteiger partial charge on any atom is -0.444 e. The maximum absolute atomic E-state index is 11.5. The van der Waals surface area contributed by atoms with E-state index in [0.717, 1.165) is 25.7 Å². The summed E-state index contributed by atoms with van der Waals surface area (Å²) >= 11 is 0. The van der Waals surface area contributed by atoms with Crippen LogP contribution in [0.5, 0.6) is 0 Å². The molecule has 0 unspecified atom stereocenters. The molecule has 0 saturated heterocycles. The van der Waals surface area contributed by atoms with E-state index in [1.807, 2.05) is 41.5 Å². The van der Waals surface area contributed by atoms with Crippen molar-refractivity contribution in [2.75, 3.05) is 13.1 Å². The van der Waals surface area contributed by atoms with Crippen molar-refractivity contribution in [2.45, 2.75) is 117 Å². The summed E-state index contributed by atoms with van der Waals surface area (Å²) in [7, 11) is 0. The number of unbranched alkanes of at least 4 members (excludes halogenated alkanes) is 9. The molecule has 6 nitrogen and oxygen atoms in total. The van der Waals surface area contributed by atoms with Crippen LogP contribution in [0.15, 0.2) is 0 Å². The Morgan fingerprint density at radius 2 is 0.786 bits per heavy atom. The second kappa shape index (κ2) is 14.5. The number of alkyl carbamates (subject to hydrolysis) is 2. The summed E-state index contributed by atoms with van der Waals surface area (Å²) in [6.07, 6.45) is 11.1. The molecule has 0 aliphatic heterocycles. The lowest BCUT2D eigenvalue weighted by molar-refractivity contribution is 0.0515. The molecule has 0 aromatic heterocycles. The van der Waals surface area contributed by atoms with Gasteiger partial charge in [0.1, 0.15) is 11.2 Å². The summed E-state index contributed by atoms with van der Waals surface area (Å²) in [6.45, 7) is 12.6. The normalized spacial score (nSPS) is 11.8. The number of carbonyl (C=O) groups excluding carboxylic acids is 2. The van der Waals surface area contributed by atoms with Crippen molar-refractivity contribution in [3.05, 3.63) is 0 Å². The van der Waals surface area contributed by atoms with Crippen LogP contribution < -0.4 is 10.6 Å². The van der Waals surface area contributed by atoms with Crippen LogP contribution in [0.2, 0.25) is 0 Å². The molecule has 0 bridgehead atoms. The lowest BCUT2D eigenvalue weighted by Crippen LogP contribution is -2.33. The van der Waals surface area contributed by atoms with Gasteiger partial charge in [-0.1, -0.05) is 51.4 Å². The third kappa shape index (κ3) is 20.8. The smallest absolute Gasteiger partial charge is 0.407 e. The summed E-state index contributed by atoms with van der Waals surface area (Å²) in [5.41, 5.74) is -0.864. The van der Waals surface area contributed by atoms with Crippen LogP contribution in [-0.2, 0) is 9.47 Å². The van der Waals surface area contributed by atoms with E-state index in [0.29, 0.717) is 13.1 Å². The van der Waals surface area contributed by atoms with Gasteiger partial charge < -0.3 is 20.1 Å². The zero-order chi connectivity index (χ0) is 21.5. The predicted molar refractivity (Wildman–Crippen MR) is 115 cm³/mol. The Bertz CT molecular complexity index is 385. The quantitative estimate of drug-likeness (QED) is 0.375. The second-order valence-electron chi connectivity index (χ2n) is 9.39. The van der Waals surface area contributed by atoms with Gasteiger partial charge in [-0.15, -0.1) is 0 Å². The van der Waals surface area contributed by atoms with E-state index >= 15 is 0 Å². The van der Waals surface area contributed by atoms with Gasteiger partial charge in [-0.2, -0.15) is 0 Å². The molecule has 0 saturated carbocycles. The van der Waals surface area contributed by atoms with Crippen LogP contribution in [0.3, 0.4) is 0 Å². The number of ether oxygens (including phenoxy) is 2. The molecule has 166 valence electrons. The highest BCUT2D eigenvalue weighted by Crippen LogP contribution is 2.11. The molecule has 6 heteroatoms. The zero-order valence-electron chi connectivity index (χ0n) is 19.1. The van der Waals surface area contributed by atoms with E-state index in [1.165, 1.54) is 38.5 Å². The van der Waals surface area contributed by atoms with Crippen molar-refractivity contribution < 1.29 is 19.1 Å². The van der Waals surface area contributed by atoms with Gasteiger partial charge in [0, 0.05) is 13.1 Å². The summed E-state index contributed by atoms with van der Waals surface area (Å²) in [5, 5.41) is 5.59. The number of rotatable bonds is 13.